The maximum atomic E-state index is 12.7. The number of nitrogens with two attached hydrogens (primary N) is 1. The van der Waals surface area contributed by atoms with E-state index in [9.17, 15) is 4.79 Å². The molecule has 3 unspecified atom stereocenters. The fourth-order valence-electron chi connectivity index (χ4n) is 3.36. The summed E-state index contributed by atoms with van der Waals surface area (Å²) < 4.78 is 0. The largest absolute Gasteiger partial charge is 0.338 e. The van der Waals surface area contributed by atoms with Crippen molar-refractivity contribution in [1.29, 1.82) is 0 Å². The first-order valence-corrected chi connectivity index (χ1v) is 8.23. The maximum Gasteiger partial charge on any atom is 0.223 e. The molecule has 3 heteroatoms. The molecular formula is C18H28N2O. The van der Waals surface area contributed by atoms with Gasteiger partial charge in [-0.2, -0.15) is 0 Å². The number of benzene rings is 1. The summed E-state index contributed by atoms with van der Waals surface area (Å²) in [4.78, 5) is 14.8. The molecule has 3 atom stereocenters. The first kappa shape index (κ1) is 16.0. The number of hydrogen-bond acceptors (Lipinski definition) is 2. The summed E-state index contributed by atoms with van der Waals surface area (Å²) in [7, 11) is 0. The fraction of sp³-hybridized carbons (Fsp3) is 0.611. The third kappa shape index (κ3) is 4.07. The SMILES string of the molecule is CCC(CC(=O)N1CCCCC1C(C)N)c1ccccc1. The molecule has 1 amide bonds. The number of likely N-dealkylation sites (tertiary alicyclic amines) is 1. The zero-order valence-corrected chi connectivity index (χ0v) is 13.3. The third-order valence-corrected chi connectivity index (χ3v) is 4.66. The van der Waals surface area contributed by atoms with E-state index in [1.807, 2.05) is 30.0 Å². The van der Waals surface area contributed by atoms with Crippen molar-refractivity contribution in [2.45, 2.75) is 64.0 Å². The smallest absolute Gasteiger partial charge is 0.223 e. The Morgan fingerprint density at radius 2 is 2.05 bits per heavy atom. The van der Waals surface area contributed by atoms with E-state index >= 15 is 0 Å². The van der Waals surface area contributed by atoms with Gasteiger partial charge in [-0.05, 0) is 44.1 Å². The Morgan fingerprint density at radius 1 is 1.33 bits per heavy atom. The molecule has 116 valence electrons. The van der Waals surface area contributed by atoms with Gasteiger partial charge in [0.1, 0.15) is 0 Å². The van der Waals surface area contributed by atoms with Gasteiger partial charge < -0.3 is 10.6 Å². The van der Waals surface area contributed by atoms with Gasteiger partial charge in [-0.25, -0.2) is 0 Å². The van der Waals surface area contributed by atoms with Crippen LogP contribution in [0.15, 0.2) is 30.3 Å². The monoisotopic (exact) mass is 288 g/mol. The van der Waals surface area contributed by atoms with Gasteiger partial charge in [0.05, 0.1) is 0 Å². The van der Waals surface area contributed by atoms with Crippen LogP contribution >= 0.6 is 0 Å². The molecule has 0 spiro atoms. The van der Waals surface area contributed by atoms with Crippen LogP contribution < -0.4 is 5.73 Å². The van der Waals surface area contributed by atoms with Crippen LogP contribution in [-0.4, -0.2) is 29.4 Å². The molecule has 2 rings (SSSR count). The van der Waals surface area contributed by atoms with Crippen LogP contribution in [0.3, 0.4) is 0 Å². The van der Waals surface area contributed by atoms with E-state index in [1.165, 1.54) is 12.0 Å². The van der Waals surface area contributed by atoms with Crippen molar-refractivity contribution in [3.8, 4) is 0 Å². The predicted octanol–water partition coefficient (Wildman–Crippen LogP) is 3.30. The molecule has 1 aliphatic heterocycles. The molecule has 3 nitrogen and oxygen atoms in total. The van der Waals surface area contributed by atoms with Gasteiger partial charge in [0, 0.05) is 25.0 Å². The van der Waals surface area contributed by atoms with Crippen LogP contribution in [0.5, 0.6) is 0 Å². The Labute approximate surface area is 128 Å². The minimum absolute atomic E-state index is 0.0612. The van der Waals surface area contributed by atoms with Crippen molar-refractivity contribution in [2.24, 2.45) is 5.73 Å². The van der Waals surface area contributed by atoms with E-state index < -0.39 is 0 Å². The topological polar surface area (TPSA) is 46.3 Å². The van der Waals surface area contributed by atoms with Crippen LogP contribution in [0, 0.1) is 0 Å². The van der Waals surface area contributed by atoms with E-state index in [-0.39, 0.29) is 18.0 Å². The normalized spacial score (nSPS) is 21.9. The first-order valence-electron chi connectivity index (χ1n) is 8.23. The molecule has 0 bridgehead atoms. The van der Waals surface area contributed by atoms with E-state index in [4.69, 9.17) is 5.73 Å². The first-order chi connectivity index (χ1) is 10.1. The molecular weight excluding hydrogens is 260 g/mol. The summed E-state index contributed by atoms with van der Waals surface area (Å²) in [5.41, 5.74) is 7.34. The number of amides is 1. The quantitative estimate of drug-likeness (QED) is 0.903. The summed E-state index contributed by atoms with van der Waals surface area (Å²) >= 11 is 0. The van der Waals surface area contributed by atoms with Crippen molar-refractivity contribution in [3.05, 3.63) is 35.9 Å². The third-order valence-electron chi connectivity index (χ3n) is 4.66. The van der Waals surface area contributed by atoms with Gasteiger partial charge in [0.15, 0.2) is 0 Å². The summed E-state index contributed by atoms with van der Waals surface area (Å²) in [5, 5.41) is 0. The molecule has 1 aromatic rings. The maximum absolute atomic E-state index is 12.7. The average Bonchev–Trinajstić information content (AvgIpc) is 2.53. The van der Waals surface area contributed by atoms with Crippen LogP contribution in [0.1, 0.15) is 57.4 Å². The highest BCUT2D eigenvalue weighted by Crippen LogP contribution is 2.27. The number of nitrogens with zero attached hydrogens (tertiary/aromatic N) is 1. The molecule has 1 saturated heterocycles. The van der Waals surface area contributed by atoms with Gasteiger partial charge in [0.25, 0.3) is 0 Å². The lowest BCUT2D eigenvalue weighted by atomic mass is 9.91. The zero-order chi connectivity index (χ0) is 15.2. The van der Waals surface area contributed by atoms with E-state index in [0.717, 1.165) is 25.8 Å². The molecule has 1 fully saturated rings. The molecule has 0 aromatic heterocycles. The average molecular weight is 288 g/mol. The van der Waals surface area contributed by atoms with E-state index in [2.05, 4.69) is 19.1 Å². The van der Waals surface area contributed by atoms with Crippen molar-refractivity contribution in [1.82, 2.24) is 4.90 Å². The Bertz CT molecular complexity index is 444. The molecule has 0 saturated carbocycles. The molecule has 1 heterocycles. The minimum Gasteiger partial charge on any atom is -0.338 e. The predicted molar refractivity (Wildman–Crippen MR) is 87.1 cm³/mol. The molecule has 21 heavy (non-hydrogen) atoms. The number of piperidine rings is 1. The van der Waals surface area contributed by atoms with Crippen LogP contribution in [0.2, 0.25) is 0 Å². The Kier molecular flexibility index (Phi) is 5.80. The molecule has 2 N–H and O–H groups in total. The van der Waals surface area contributed by atoms with Gasteiger partial charge in [-0.1, -0.05) is 37.3 Å². The Balaban J connectivity index is 2.04. The fourth-order valence-corrected chi connectivity index (χ4v) is 3.36. The molecule has 0 radical (unpaired) electrons. The summed E-state index contributed by atoms with van der Waals surface area (Å²) in [6.07, 6.45) is 4.94. The second kappa shape index (κ2) is 7.60. The highest BCUT2D eigenvalue weighted by Gasteiger charge is 2.30. The van der Waals surface area contributed by atoms with Crippen molar-refractivity contribution < 1.29 is 4.79 Å². The van der Waals surface area contributed by atoms with Gasteiger partial charge in [-0.3, -0.25) is 4.79 Å². The second-order valence-electron chi connectivity index (χ2n) is 6.23. The highest BCUT2D eigenvalue weighted by atomic mass is 16.2. The number of hydrogen-bond donors (Lipinski definition) is 1. The molecule has 1 aromatic carbocycles. The number of rotatable bonds is 5. The van der Waals surface area contributed by atoms with Crippen LogP contribution in [0.25, 0.3) is 0 Å². The lowest BCUT2D eigenvalue weighted by Crippen LogP contribution is -2.51. The van der Waals surface area contributed by atoms with Gasteiger partial charge in [0.2, 0.25) is 5.91 Å². The number of carbonyl (C=O) groups is 1. The Morgan fingerprint density at radius 3 is 2.67 bits per heavy atom. The van der Waals surface area contributed by atoms with E-state index in [0.29, 0.717) is 12.3 Å². The highest BCUT2D eigenvalue weighted by molar-refractivity contribution is 5.77. The van der Waals surface area contributed by atoms with Crippen molar-refractivity contribution in [3.63, 3.8) is 0 Å². The van der Waals surface area contributed by atoms with Crippen LogP contribution in [0.4, 0.5) is 0 Å². The molecule has 1 aliphatic rings. The lowest BCUT2D eigenvalue weighted by Gasteiger charge is -2.38. The van der Waals surface area contributed by atoms with Gasteiger partial charge in [-0.15, -0.1) is 0 Å². The summed E-state index contributed by atoms with van der Waals surface area (Å²) in [6, 6.07) is 10.7. The van der Waals surface area contributed by atoms with E-state index in [1.54, 1.807) is 0 Å². The summed E-state index contributed by atoms with van der Waals surface area (Å²) in [6.45, 7) is 5.05. The minimum atomic E-state index is 0.0612. The van der Waals surface area contributed by atoms with Crippen LogP contribution in [-0.2, 0) is 4.79 Å². The standard InChI is InChI=1S/C18H28N2O/c1-3-15(16-9-5-4-6-10-16)13-18(21)20-12-8-7-11-17(20)14(2)19/h4-6,9-10,14-15,17H,3,7-8,11-13,19H2,1-2H3. The zero-order valence-electron chi connectivity index (χ0n) is 13.3. The Hall–Kier alpha value is -1.35. The number of carbonyl (C=O) groups excluding carboxylic acids is 1. The van der Waals surface area contributed by atoms with Crippen molar-refractivity contribution in [2.75, 3.05) is 6.54 Å². The lowest BCUT2D eigenvalue weighted by molar-refractivity contribution is -0.135. The second-order valence-corrected chi connectivity index (χ2v) is 6.23. The van der Waals surface area contributed by atoms with Crippen molar-refractivity contribution >= 4 is 5.91 Å². The summed E-state index contributed by atoms with van der Waals surface area (Å²) in [5.74, 6) is 0.585. The van der Waals surface area contributed by atoms with Gasteiger partial charge >= 0.3 is 0 Å². The molecule has 0 aliphatic carbocycles.